The SMILES string of the molecule is CO/N=C/C1CN=CNC1. The molecule has 1 N–H and O–H groups in total. The number of aliphatic imine (C=N–C) groups is 1. The van der Waals surface area contributed by atoms with E-state index in [4.69, 9.17) is 0 Å². The van der Waals surface area contributed by atoms with E-state index in [2.05, 4.69) is 20.3 Å². The van der Waals surface area contributed by atoms with Crippen LogP contribution in [0.3, 0.4) is 0 Å². The number of hydrogen-bond donors (Lipinski definition) is 1. The summed E-state index contributed by atoms with van der Waals surface area (Å²) in [5.74, 6) is 0.380. The van der Waals surface area contributed by atoms with Gasteiger partial charge in [0.15, 0.2) is 0 Å². The van der Waals surface area contributed by atoms with Crippen LogP contribution in [-0.4, -0.2) is 32.8 Å². The van der Waals surface area contributed by atoms with Crippen molar-refractivity contribution in [2.45, 2.75) is 0 Å². The van der Waals surface area contributed by atoms with Crippen LogP contribution in [0.15, 0.2) is 10.1 Å². The minimum atomic E-state index is 0.380. The van der Waals surface area contributed by atoms with Gasteiger partial charge in [-0.1, -0.05) is 5.16 Å². The van der Waals surface area contributed by atoms with Gasteiger partial charge in [-0.05, 0) is 0 Å². The van der Waals surface area contributed by atoms with Gasteiger partial charge >= 0.3 is 0 Å². The molecule has 1 rings (SSSR count). The van der Waals surface area contributed by atoms with Crippen LogP contribution in [0.25, 0.3) is 0 Å². The van der Waals surface area contributed by atoms with Gasteiger partial charge in [0.05, 0.1) is 19.1 Å². The highest BCUT2D eigenvalue weighted by molar-refractivity contribution is 5.64. The number of nitrogens with zero attached hydrogens (tertiary/aromatic N) is 2. The number of rotatable bonds is 2. The Labute approximate surface area is 60.0 Å². The predicted molar refractivity (Wildman–Crippen MR) is 40.4 cm³/mol. The molecule has 0 spiro atoms. The van der Waals surface area contributed by atoms with E-state index in [0.29, 0.717) is 5.92 Å². The summed E-state index contributed by atoms with van der Waals surface area (Å²) < 4.78 is 0. The van der Waals surface area contributed by atoms with Gasteiger partial charge in [-0.25, -0.2) is 0 Å². The molecule has 10 heavy (non-hydrogen) atoms. The second-order valence-electron chi connectivity index (χ2n) is 2.10. The average molecular weight is 141 g/mol. The molecule has 4 nitrogen and oxygen atoms in total. The highest BCUT2D eigenvalue weighted by Crippen LogP contribution is 1.94. The monoisotopic (exact) mass is 141 g/mol. The summed E-state index contributed by atoms with van der Waals surface area (Å²) in [7, 11) is 1.54. The van der Waals surface area contributed by atoms with Crippen molar-refractivity contribution < 1.29 is 4.84 Å². The van der Waals surface area contributed by atoms with E-state index >= 15 is 0 Å². The van der Waals surface area contributed by atoms with E-state index in [-0.39, 0.29) is 0 Å². The molecule has 1 aliphatic rings. The third kappa shape index (κ3) is 2.05. The summed E-state index contributed by atoms with van der Waals surface area (Å²) in [6.45, 7) is 1.70. The molecule has 1 unspecified atom stereocenters. The maximum absolute atomic E-state index is 4.53. The van der Waals surface area contributed by atoms with Gasteiger partial charge in [-0.15, -0.1) is 0 Å². The van der Waals surface area contributed by atoms with Crippen molar-refractivity contribution in [3.8, 4) is 0 Å². The molecule has 0 saturated heterocycles. The van der Waals surface area contributed by atoms with Crippen LogP contribution in [0.5, 0.6) is 0 Å². The van der Waals surface area contributed by atoms with Crippen LogP contribution in [0.4, 0.5) is 0 Å². The molecule has 4 heteroatoms. The van der Waals surface area contributed by atoms with Crippen molar-refractivity contribution in [2.24, 2.45) is 16.1 Å². The van der Waals surface area contributed by atoms with Crippen molar-refractivity contribution >= 4 is 12.6 Å². The normalized spacial score (nSPS) is 24.7. The fourth-order valence-corrected chi connectivity index (χ4v) is 0.768. The Bertz CT molecular complexity index is 144. The number of nitrogens with one attached hydrogen (secondary N) is 1. The maximum atomic E-state index is 4.53. The Kier molecular flexibility index (Phi) is 2.73. The van der Waals surface area contributed by atoms with E-state index in [1.165, 1.54) is 7.11 Å². The lowest BCUT2D eigenvalue weighted by Crippen LogP contribution is -2.29. The van der Waals surface area contributed by atoms with Gasteiger partial charge in [0.1, 0.15) is 7.11 Å². The van der Waals surface area contributed by atoms with Crippen molar-refractivity contribution in [3.05, 3.63) is 0 Å². The van der Waals surface area contributed by atoms with Crippen LogP contribution in [0.1, 0.15) is 0 Å². The third-order valence-corrected chi connectivity index (χ3v) is 1.28. The Hall–Kier alpha value is -1.06. The van der Waals surface area contributed by atoms with Crippen LogP contribution in [0, 0.1) is 5.92 Å². The molecule has 0 fully saturated rings. The smallest absolute Gasteiger partial charge is 0.106 e. The summed E-state index contributed by atoms with van der Waals surface area (Å²) in [5.41, 5.74) is 0. The molecule has 1 heterocycles. The zero-order chi connectivity index (χ0) is 7.23. The van der Waals surface area contributed by atoms with Crippen LogP contribution >= 0.6 is 0 Å². The van der Waals surface area contributed by atoms with Crippen LogP contribution < -0.4 is 5.32 Å². The first-order chi connectivity index (χ1) is 4.93. The number of hydrogen-bond acceptors (Lipinski definition) is 4. The molecule has 0 amide bonds. The molecule has 0 aliphatic carbocycles. The molecule has 0 bridgehead atoms. The maximum Gasteiger partial charge on any atom is 0.106 e. The lowest BCUT2D eigenvalue weighted by Gasteiger charge is -2.12. The summed E-state index contributed by atoms with van der Waals surface area (Å²) in [4.78, 5) is 8.56. The molecule has 0 aromatic heterocycles. The van der Waals surface area contributed by atoms with E-state index in [1.54, 1.807) is 12.6 Å². The number of oxime groups is 1. The van der Waals surface area contributed by atoms with E-state index in [0.717, 1.165) is 13.1 Å². The van der Waals surface area contributed by atoms with E-state index in [9.17, 15) is 0 Å². The highest BCUT2D eigenvalue weighted by Gasteiger charge is 2.06. The summed E-state index contributed by atoms with van der Waals surface area (Å²) >= 11 is 0. The molecule has 0 saturated carbocycles. The van der Waals surface area contributed by atoms with Gasteiger partial charge in [0.2, 0.25) is 0 Å². The first-order valence-corrected chi connectivity index (χ1v) is 3.22. The molecular weight excluding hydrogens is 130 g/mol. The summed E-state index contributed by atoms with van der Waals surface area (Å²) in [6, 6.07) is 0. The molecule has 1 aliphatic heterocycles. The first kappa shape index (κ1) is 7.05. The molecule has 1 atom stereocenters. The van der Waals surface area contributed by atoms with Crippen molar-refractivity contribution in [2.75, 3.05) is 20.2 Å². The molecule has 0 aromatic rings. The topological polar surface area (TPSA) is 46.0 Å². The zero-order valence-electron chi connectivity index (χ0n) is 5.95. The second-order valence-corrected chi connectivity index (χ2v) is 2.10. The fraction of sp³-hybridized carbons (Fsp3) is 0.667. The summed E-state index contributed by atoms with van der Waals surface area (Å²) in [6.07, 6.45) is 3.49. The van der Waals surface area contributed by atoms with E-state index < -0.39 is 0 Å². The van der Waals surface area contributed by atoms with Gasteiger partial charge in [0.25, 0.3) is 0 Å². The Morgan fingerprint density at radius 1 is 1.90 bits per heavy atom. The zero-order valence-corrected chi connectivity index (χ0v) is 5.95. The van der Waals surface area contributed by atoms with Crippen molar-refractivity contribution in [1.29, 1.82) is 0 Å². The molecule has 56 valence electrons. The minimum Gasteiger partial charge on any atom is -0.399 e. The van der Waals surface area contributed by atoms with Gasteiger partial charge in [0, 0.05) is 12.5 Å². The Morgan fingerprint density at radius 3 is 3.40 bits per heavy atom. The third-order valence-electron chi connectivity index (χ3n) is 1.28. The van der Waals surface area contributed by atoms with Gasteiger partial charge in [-0.2, -0.15) is 0 Å². The van der Waals surface area contributed by atoms with Crippen molar-refractivity contribution in [1.82, 2.24) is 5.32 Å². The van der Waals surface area contributed by atoms with Crippen LogP contribution in [-0.2, 0) is 4.84 Å². The molecule has 0 radical (unpaired) electrons. The van der Waals surface area contributed by atoms with Crippen molar-refractivity contribution in [3.63, 3.8) is 0 Å². The Balaban J connectivity index is 2.28. The van der Waals surface area contributed by atoms with Gasteiger partial charge < -0.3 is 10.2 Å². The largest absolute Gasteiger partial charge is 0.399 e. The highest BCUT2D eigenvalue weighted by atomic mass is 16.6. The predicted octanol–water partition coefficient (Wildman–Crippen LogP) is -0.134. The second kappa shape index (κ2) is 3.87. The van der Waals surface area contributed by atoms with Crippen LogP contribution in [0.2, 0.25) is 0 Å². The fourth-order valence-electron chi connectivity index (χ4n) is 0.768. The summed E-state index contributed by atoms with van der Waals surface area (Å²) in [5, 5.41) is 6.66. The minimum absolute atomic E-state index is 0.380. The lowest BCUT2D eigenvalue weighted by molar-refractivity contribution is 0.213. The van der Waals surface area contributed by atoms with Gasteiger partial charge in [-0.3, -0.25) is 4.99 Å². The average Bonchev–Trinajstić information content (AvgIpc) is 2.03. The quantitative estimate of drug-likeness (QED) is 0.430. The molecular formula is C6H11N3O. The Morgan fingerprint density at radius 2 is 2.80 bits per heavy atom. The van der Waals surface area contributed by atoms with E-state index in [1.807, 2.05) is 0 Å². The standard InChI is InChI=1S/C6H11N3O/c1-10-9-4-6-2-7-5-8-3-6/h4-6H,2-3H2,1H3,(H,7,8)/b9-4+. The molecule has 0 aromatic carbocycles. The lowest BCUT2D eigenvalue weighted by atomic mass is 10.1. The first-order valence-electron chi connectivity index (χ1n) is 3.22.